The molecule has 0 aliphatic rings. The Morgan fingerprint density at radius 1 is 1.50 bits per heavy atom. The quantitative estimate of drug-likeness (QED) is 0.442. The van der Waals surface area contributed by atoms with Gasteiger partial charge in [-0.1, -0.05) is 19.4 Å². The Morgan fingerprint density at radius 2 is 2.20 bits per heavy atom. The summed E-state index contributed by atoms with van der Waals surface area (Å²) in [6.07, 6.45) is 5.32. The van der Waals surface area contributed by atoms with Gasteiger partial charge >= 0.3 is 5.97 Å². The van der Waals surface area contributed by atoms with Gasteiger partial charge in [0.1, 0.15) is 0 Å². The van der Waals surface area contributed by atoms with E-state index < -0.39 is 0 Å². The summed E-state index contributed by atoms with van der Waals surface area (Å²) in [5, 5.41) is 0. The number of allylic oxidation sites excluding steroid dienone is 1. The first-order chi connectivity index (χ1) is 4.81. The maximum Gasteiger partial charge on any atom is 0.330 e. The van der Waals surface area contributed by atoms with Crippen molar-refractivity contribution >= 4 is 5.97 Å². The molecule has 0 aliphatic carbocycles. The largest absolute Gasteiger partial charge is 0.463 e. The molecule has 0 N–H and O–H groups in total. The van der Waals surface area contributed by atoms with Gasteiger partial charge in [0.2, 0.25) is 0 Å². The molecule has 0 aromatic carbocycles. The van der Waals surface area contributed by atoms with E-state index in [1.165, 1.54) is 6.08 Å². The summed E-state index contributed by atoms with van der Waals surface area (Å²) < 4.78 is 4.66. The average Bonchev–Trinajstić information content (AvgIpc) is 1.89. The normalized spacial score (nSPS) is 10.2. The van der Waals surface area contributed by atoms with Gasteiger partial charge in [0.25, 0.3) is 0 Å². The van der Waals surface area contributed by atoms with Crippen LogP contribution in [0.4, 0.5) is 0 Å². The van der Waals surface area contributed by atoms with E-state index in [1.54, 1.807) is 6.92 Å². The molecule has 0 saturated carbocycles. The van der Waals surface area contributed by atoms with Gasteiger partial charge in [0.05, 0.1) is 6.61 Å². The van der Waals surface area contributed by atoms with Gasteiger partial charge in [-0.2, -0.15) is 0 Å². The molecule has 0 heterocycles. The van der Waals surface area contributed by atoms with E-state index in [4.69, 9.17) is 0 Å². The average molecular weight is 142 g/mol. The lowest BCUT2D eigenvalue weighted by Crippen LogP contribution is -1.98. The summed E-state index contributed by atoms with van der Waals surface area (Å²) in [6, 6.07) is 0. The molecule has 0 unspecified atom stereocenters. The zero-order valence-corrected chi connectivity index (χ0v) is 6.59. The molecule has 2 heteroatoms. The Kier molecular flexibility index (Phi) is 5.83. The number of esters is 1. The van der Waals surface area contributed by atoms with Crippen LogP contribution in [-0.2, 0) is 9.53 Å². The molecule has 0 spiro atoms. The molecule has 0 aromatic heterocycles. The number of unbranched alkanes of at least 4 members (excludes halogenated alkanes) is 1. The van der Waals surface area contributed by atoms with Gasteiger partial charge in [-0.05, 0) is 13.3 Å². The number of hydrogen-bond acceptors (Lipinski definition) is 2. The highest BCUT2D eigenvalue weighted by molar-refractivity contribution is 5.81. The number of hydrogen-bond donors (Lipinski definition) is 0. The Morgan fingerprint density at radius 3 is 2.70 bits per heavy atom. The minimum absolute atomic E-state index is 0.240. The highest BCUT2D eigenvalue weighted by atomic mass is 16.5. The Balaban J connectivity index is 3.36. The lowest BCUT2D eigenvalue weighted by atomic mass is 10.3. The zero-order valence-electron chi connectivity index (χ0n) is 6.59. The van der Waals surface area contributed by atoms with E-state index in [2.05, 4.69) is 11.7 Å². The van der Waals surface area contributed by atoms with Crippen LogP contribution >= 0.6 is 0 Å². The predicted molar refractivity (Wildman–Crippen MR) is 40.7 cm³/mol. The maximum absolute atomic E-state index is 10.6. The topological polar surface area (TPSA) is 26.3 Å². The molecule has 2 nitrogen and oxygen atoms in total. The van der Waals surface area contributed by atoms with E-state index in [1.807, 2.05) is 6.08 Å². The third kappa shape index (κ3) is 5.35. The first-order valence-corrected chi connectivity index (χ1v) is 3.64. The summed E-state index contributed by atoms with van der Waals surface area (Å²) in [6.45, 7) is 4.32. The summed E-state index contributed by atoms with van der Waals surface area (Å²) >= 11 is 0. The van der Waals surface area contributed by atoms with Crippen LogP contribution in [0.15, 0.2) is 12.2 Å². The molecule has 0 atom stereocenters. The fourth-order valence-electron chi connectivity index (χ4n) is 0.537. The van der Waals surface area contributed by atoms with Gasteiger partial charge in [0, 0.05) is 6.08 Å². The van der Waals surface area contributed by atoms with E-state index in [-0.39, 0.29) is 5.97 Å². The van der Waals surface area contributed by atoms with Gasteiger partial charge in [-0.3, -0.25) is 0 Å². The standard InChI is InChI=1S/C8H14O2/c1-3-5-6-7-8(9)10-4-2/h6-7H,3-5H2,1-2H3/b7-6+. The van der Waals surface area contributed by atoms with E-state index >= 15 is 0 Å². The molecule has 0 fully saturated rings. The predicted octanol–water partition coefficient (Wildman–Crippen LogP) is 1.91. The minimum Gasteiger partial charge on any atom is -0.463 e. The summed E-state index contributed by atoms with van der Waals surface area (Å²) in [5.41, 5.74) is 0. The molecule has 0 saturated heterocycles. The fraction of sp³-hybridized carbons (Fsp3) is 0.625. The SMILES string of the molecule is CCC/C=C/C(=O)OCC. The second-order valence-corrected chi connectivity index (χ2v) is 1.94. The summed E-state index contributed by atoms with van der Waals surface area (Å²) in [5.74, 6) is -0.240. The van der Waals surface area contributed by atoms with Crippen molar-refractivity contribution in [1.29, 1.82) is 0 Å². The van der Waals surface area contributed by atoms with Crippen LogP contribution in [0.5, 0.6) is 0 Å². The van der Waals surface area contributed by atoms with Crippen molar-refractivity contribution < 1.29 is 9.53 Å². The van der Waals surface area contributed by atoms with E-state index in [0.29, 0.717) is 6.61 Å². The van der Waals surface area contributed by atoms with Crippen LogP contribution in [0.25, 0.3) is 0 Å². The van der Waals surface area contributed by atoms with Gasteiger partial charge < -0.3 is 4.74 Å². The fourth-order valence-corrected chi connectivity index (χ4v) is 0.537. The summed E-state index contributed by atoms with van der Waals surface area (Å²) in [7, 11) is 0. The monoisotopic (exact) mass is 142 g/mol. The first kappa shape index (κ1) is 9.21. The molecule has 58 valence electrons. The van der Waals surface area contributed by atoms with Crippen molar-refractivity contribution in [3.63, 3.8) is 0 Å². The second-order valence-electron chi connectivity index (χ2n) is 1.94. The van der Waals surface area contributed by atoms with E-state index in [9.17, 15) is 4.79 Å². The highest BCUT2D eigenvalue weighted by Gasteiger charge is 1.90. The lowest BCUT2D eigenvalue weighted by Gasteiger charge is -1.93. The van der Waals surface area contributed by atoms with Crippen LogP contribution in [0.3, 0.4) is 0 Å². The zero-order chi connectivity index (χ0) is 7.82. The van der Waals surface area contributed by atoms with Crippen molar-refractivity contribution in [2.24, 2.45) is 0 Å². The van der Waals surface area contributed by atoms with Crippen LogP contribution in [0.1, 0.15) is 26.7 Å². The third-order valence-electron chi connectivity index (χ3n) is 0.996. The van der Waals surface area contributed by atoms with Gasteiger partial charge in [0.15, 0.2) is 0 Å². The van der Waals surface area contributed by atoms with Gasteiger partial charge in [-0.25, -0.2) is 4.79 Å². The van der Waals surface area contributed by atoms with Crippen molar-refractivity contribution in [3.05, 3.63) is 12.2 Å². The van der Waals surface area contributed by atoms with Crippen LogP contribution < -0.4 is 0 Å². The highest BCUT2D eigenvalue weighted by Crippen LogP contribution is 1.89. The Labute approximate surface area is 61.9 Å². The molecular weight excluding hydrogens is 128 g/mol. The number of ether oxygens (including phenoxy) is 1. The first-order valence-electron chi connectivity index (χ1n) is 3.64. The molecule has 0 aliphatic heterocycles. The van der Waals surface area contributed by atoms with Crippen molar-refractivity contribution in [3.8, 4) is 0 Å². The lowest BCUT2D eigenvalue weighted by molar-refractivity contribution is -0.137. The Hall–Kier alpha value is -0.790. The van der Waals surface area contributed by atoms with Crippen molar-refractivity contribution in [2.45, 2.75) is 26.7 Å². The van der Waals surface area contributed by atoms with Crippen LogP contribution in [0, 0.1) is 0 Å². The molecule has 0 radical (unpaired) electrons. The third-order valence-corrected chi connectivity index (χ3v) is 0.996. The van der Waals surface area contributed by atoms with Crippen molar-refractivity contribution in [2.75, 3.05) is 6.61 Å². The van der Waals surface area contributed by atoms with Crippen molar-refractivity contribution in [1.82, 2.24) is 0 Å². The molecule has 10 heavy (non-hydrogen) atoms. The number of carbonyl (C=O) groups excluding carboxylic acids is 1. The number of carbonyl (C=O) groups is 1. The second kappa shape index (κ2) is 6.33. The molecular formula is C8H14O2. The molecule has 0 bridgehead atoms. The van der Waals surface area contributed by atoms with E-state index in [0.717, 1.165) is 12.8 Å². The van der Waals surface area contributed by atoms with Crippen LogP contribution in [0.2, 0.25) is 0 Å². The van der Waals surface area contributed by atoms with Gasteiger partial charge in [-0.15, -0.1) is 0 Å². The molecule has 0 aromatic rings. The smallest absolute Gasteiger partial charge is 0.330 e. The molecule has 0 rings (SSSR count). The minimum atomic E-state index is -0.240. The molecule has 0 amide bonds. The summed E-state index contributed by atoms with van der Waals surface area (Å²) in [4.78, 5) is 10.6. The maximum atomic E-state index is 10.6. The Bertz CT molecular complexity index is 116. The van der Waals surface area contributed by atoms with Crippen LogP contribution in [-0.4, -0.2) is 12.6 Å². The number of rotatable bonds is 4.